The smallest absolute Gasteiger partial charge is 0.334 e. The van der Waals surface area contributed by atoms with Gasteiger partial charge in [0.25, 0.3) is 0 Å². The number of nitrogens with zero attached hydrogens (tertiary/aromatic N) is 2. The zero-order valence-corrected chi connectivity index (χ0v) is 9.50. The highest BCUT2D eigenvalue weighted by Gasteiger charge is 2.20. The quantitative estimate of drug-likeness (QED) is 0.304. The van der Waals surface area contributed by atoms with Gasteiger partial charge in [-0.25, -0.2) is 9.59 Å². The minimum atomic E-state index is -0.869. The minimum absolute atomic E-state index is 0.150. The van der Waals surface area contributed by atoms with Gasteiger partial charge in [0.1, 0.15) is 20.2 Å². The predicted molar refractivity (Wildman–Crippen MR) is 56.1 cm³/mol. The normalized spacial score (nSPS) is 9.65. The number of esters is 1. The number of urea groups is 1. The number of hydrogen-bond acceptors (Lipinski definition) is 6. The maximum absolute atomic E-state index is 11.5. The number of amides is 2. The number of aliphatic hydroxyl groups is 3. The zero-order chi connectivity index (χ0) is 13.4. The maximum Gasteiger partial charge on any atom is 0.334 e. The van der Waals surface area contributed by atoms with E-state index in [1.807, 2.05) is 0 Å². The van der Waals surface area contributed by atoms with Crippen LogP contribution in [0.1, 0.15) is 6.92 Å². The van der Waals surface area contributed by atoms with E-state index in [0.29, 0.717) is 9.80 Å². The van der Waals surface area contributed by atoms with Crippen LogP contribution in [-0.2, 0) is 9.53 Å². The van der Waals surface area contributed by atoms with Crippen molar-refractivity contribution in [2.24, 2.45) is 0 Å². The van der Waals surface area contributed by atoms with E-state index in [4.69, 9.17) is 15.3 Å². The highest BCUT2D eigenvalue weighted by atomic mass is 16.5. The molecule has 0 fully saturated rings. The lowest BCUT2D eigenvalue weighted by Gasteiger charge is -2.25. The first-order chi connectivity index (χ1) is 7.97. The summed E-state index contributed by atoms with van der Waals surface area (Å²) in [6, 6.07) is -0.869. The molecular formula is C9H16N2O6. The summed E-state index contributed by atoms with van der Waals surface area (Å²) in [7, 11) is 0. The molecular weight excluding hydrogens is 232 g/mol. The summed E-state index contributed by atoms with van der Waals surface area (Å²) in [5.74, 6) is -0.712. The summed E-state index contributed by atoms with van der Waals surface area (Å²) < 4.78 is 4.63. The van der Waals surface area contributed by atoms with Crippen LogP contribution >= 0.6 is 0 Å². The molecule has 0 aromatic heterocycles. The fourth-order valence-electron chi connectivity index (χ4n) is 0.782. The van der Waals surface area contributed by atoms with Crippen molar-refractivity contribution < 1.29 is 29.6 Å². The van der Waals surface area contributed by atoms with Gasteiger partial charge in [-0.15, -0.1) is 0 Å². The Labute approximate surface area is 98.3 Å². The minimum Gasteiger partial charge on any atom is -0.441 e. The molecule has 0 radical (unpaired) electrons. The fourth-order valence-corrected chi connectivity index (χ4v) is 0.782. The molecule has 0 unspecified atom stereocenters. The van der Waals surface area contributed by atoms with Crippen molar-refractivity contribution in [3.8, 4) is 0 Å². The SMILES string of the molecule is C=C(C)C(=O)OCN(CO)C(=O)N(CO)CO. The highest BCUT2D eigenvalue weighted by molar-refractivity contribution is 5.87. The molecule has 0 aromatic rings. The Balaban J connectivity index is 4.37. The average molecular weight is 248 g/mol. The van der Waals surface area contributed by atoms with Gasteiger partial charge in [0.2, 0.25) is 0 Å². The summed E-state index contributed by atoms with van der Waals surface area (Å²) >= 11 is 0. The van der Waals surface area contributed by atoms with Gasteiger partial charge in [0.05, 0.1) is 0 Å². The molecule has 8 heteroatoms. The van der Waals surface area contributed by atoms with E-state index < -0.39 is 38.9 Å². The molecule has 0 spiro atoms. The third-order valence-corrected chi connectivity index (χ3v) is 1.75. The summed E-state index contributed by atoms with van der Waals surface area (Å²) in [6.07, 6.45) is 0. The van der Waals surface area contributed by atoms with Gasteiger partial charge < -0.3 is 20.1 Å². The molecule has 0 saturated heterocycles. The van der Waals surface area contributed by atoms with E-state index in [9.17, 15) is 9.59 Å². The van der Waals surface area contributed by atoms with Crippen LogP contribution in [0, 0.1) is 0 Å². The van der Waals surface area contributed by atoms with Crippen LogP contribution in [0.5, 0.6) is 0 Å². The second-order valence-corrected chi connectivity index (χ2v) is 3.13. The lowest BCUT2D eigenvalue weighted by Crippen LogP contribution is -2.45. The molecule has 2 amide bonds. The summed E-state index contributed by atoms with van der Waals surface area (Å²) in [5, 5.41) is 26.3. The molecule has 0 atom stereocenters. The van der Waals surface area contributed by atoms with E-state index in [2.05, 4.69) is 11.3 Å². The highest BCUT2D eigenvalue weighted by Crippen LogP contribution is 1.99. The van der Waals surface area contributed by atoms with E-state index in [-0.39, 0.29) is 5.57 Å². The molecule has 0 aliphatic rings. The first kappa shape index (κ1) is 15.4. The van der Waals surface area contributed by atoms with Gasteiger partial charge in [-0.3, -0.25) is 9.80 Å². The molecule has 17 heavy (non-hydrogen) atoms. The van der Waals surface area contributed by atoms with Crippen LogP contribution in [0.2, 0.25) is 0 Å². The first-order valence-corrected chi connectivity index (χ1v) is 4.67. The second-order valence-electron chi connectivity index (χ2n) is 3.13. The predicted octanol–water partition coefficient (Wildman–Crippen LogP) is -1.36. The maximum atomic E-state index is 11.5. The third kappa shape index (κ3) is 4.81. The summed E-state index contributed by atoms with van der Waals surface area (Å²) in [6.45, 7) is 2.10. The largest absolute Gasteiger partial charge is 0.441 e. The number of ether oxygens (including phenoxy) is 1. The van der Waals surface area contributed by atoms with Crippen LogP contribution in [0.4, 0.5) is 4.79 Å². The van der Waals surface area contributed by atoms with Crippen LogP contribution in [-0.4, -0.2) is 64.0 Å². The third-order valence-electron chi connectivity index (χ3n) is 1.75. The Morgan fingerprint density at radius 3 is 1.94 bits per heavy atom. The van der Waals surface area contributed by atoms with E-state index in [1.165, 1.54) is 6.92 Å². The van der Waals surface area contributed by atoms with Crippen molar-refractivity contribution >= 4 is 12.0 Å². The average Bonchev–Trinajstić information content (AvgIpc) is 2.30. The summed E-state index contributed by atoms with van der Waals surface area (Å²) in [5.41, 5.74) is 0.150. The van der Waals surface area contributed by atoms with Crippen molar-refractivity contribution in [1.29, 1.82) is 0 Å². The Bertz CT molecular complexity index is 289. The van der Waals surface area contributed by atoms with Gasteiger partial charge in [-0.2, -0.15) is 0 Å². The van der Waals surface area contributed by atoms with Crippen LogP contribution in [0.3, 0.4) is 0 Å². The van der Waals surface area contributed by atoms with Crippen molar-refractivity contribution in [3.63, 3.8) is 0 Å². The zero-order valence-electron chi connectivity index (χ0n) is 9.50. The molecule has 0 aromatic carbocycles. The van der Waals surface area contributed by atoms with Gasteiger partial charge in [0.15, 0.2) is 6.73 Å². The molecule has 98 valence electrons. The molecule has 0 saturated carbocycles. The Hall–Kier alpha value is -1.64. The summed E-state index contributed by atoms with van der Waals surface area (Å²) in [4.78, 5) is 23.9. The van der Waals surface area contributed by atoms with Gasteiger partial charge in [-0.05, 0) is 6.92 Å². The van der Waals surface area contributed by atoms with E-state index >= 15 is 0 Å². The molecule has 3 N–H and O–H groups in total. The molecule has 0 bridgehead atoms. The molecule has 8 nitrogen and oxygen atoms in total. The Morgan fingerprint density at radius 1 is 1.12 bits per heavy atom. The number of hydrogen-bond donors (Lipinski definition) is 3. The Morgan fingerprint density at radius 2 is 1.59 bits per heavy atom. The molecule has 0 aliphatic heterocycles. The van der Waals surface area contributed by atoms with Crippen LogP contribution < -0.4 is 0 Å². The first-order valence-electron chi connectivity index (χ1n) is 4.67. The van der Waals surface area contributed by atoms with E-state index in [0.717, 1.165) is 0 Å². The van der Waals surface area contributed by atoms with Crippen molar-refractivity contribution in [2.45, 2.75) is 6.92 Å². The second kappa shape index (κ2) is 7.60. The number of carbonyl (C=O) groups excluding carboxylic acids is 2. The van der Waals surface area contributed by atoms with E-state index in [1.54, 1.807) is 0 Å². The van der Waals surface area contributed by atoms with Gasteiger partial charge in [-0.1, -0.05) is 6.58 Å². The Kier molecular flexibility index (Phi) is 6.87. The number of carbonyl (C=O) groups is 2. The number of rotatable bonds is 6. The van der Waals surface area contributed by atoms with Crippen LogP contribution in [0.15, 0.2) is 12.2 Å². The van der Waals surface area contributed by atoms with Crippen LogP contribution in [0.25, 0.3) is 0 Å². The monoisotopic (exact) mass is 248 g/mol. The van der Waals surface area contributed by atoms with Crippen molar-refractivity contribution in [1.82, 2.24) is 9.80 Å². The molecule has 0 aliphatic carbocycles. The fraction of sp³-hybridized carbons (Fsp3) is 0.556. The van der Waals surface area contributed by atoms with Crippen molar-refractivity contribution in [3.05, 3.63) is 12.2 Å². The lowest BCUT2D eigenvalue weighted by atomic mass is 10.4. The number of aliphatic hydroxyl groups excluding tert-OH is 3. The van der Waals surface area contributed by atoms with Gasteiger partial charge >= 0.3 is 12.0 Å². The molecule has 0 rings (SSSR count). The lowest BCUT2D eigenvalue weighted by molar-refractivity contribution is -0.144. The van der Waals surface area contributed by atoms with Gasteiger partial charge in [0, 0.05) is 5.57 Å². The molecule has 0 heterocycles. The topological polar surface area (TPSA) is 111 Å². The van der Waals surface area contributed by atoms with Crippen molar-refractivity contribution in [2.75, 3.05) is 26.9 Å². The standard InChI is InChI=1S/C9H16N2O6/c1-7(2)8(15)17-6-11(5-14)9(16)10(3-12)4-13/h12-14H,1,3-6H2,2H3.